The number of benzene rings is 2. The highest BCUT2D eigenvalue weighted by Gasteiger charge is 2.17. The van der Waals surface area contributed by atoms with E-state index in [4.69, 9.17) is 0 Å². The molecule has 25 heavy (non-hydrogen) atoms. The molecule has 1 aromatic heterocycles. The third-order valence-corrected chi connectivity index (χ3v) is 4.15. The summed E-state index contributed by atoms with van der Waals surface area (Å²) in [7, 11) is 0. The minimum Gasteiger partial charge on any atom is -0.329 e. The van der Waals surface area contributed by atoms with E-state index in [1.54, 1.807) is 6.20 Å². The van der Waals surface area contributed by atoms with Gasteiger partial charge in [-0.25, -0.2) is 4.98 Å². The third-order valence-electron chi connectivity index (χ3n) is 4.15. The van der Waals surface area contributed by atoms with Gasteiger partial charge in [0.05, 0.1) is 0 Å². The normalized spacial score (nSPS) is 12.8. The van der Waals surface area contributed by atoms with Crippen LogP contribution < -0.4 is 10.2 Å². The van der Waals surface area contributed by atoms with E-state index >= 15 is 0 Å². The van der Waals surface area contributed by atoms with Crippen LogP contribution in [0.4, 0.5) is 11.4 Å². The van der Waals surface area contributed by atoms with Crippen LogP contribution in [-0.4, -0.2) is 15.5 Å². The lowest BCUT2D eigenvalue weighted by Gasteiger charge is -2.25. The molecule has 0 bridgehead atoms. The third kappa shape index (κ3) is 3.17. The smallest absolute Gasteiger partial charge is 0.275 e. The van der Waals surface area contributed by atoms with Gasteiger partial charge in [-0.05, 0) is 37.3 Å². The number of amides is 1. The molecule has 4 rings (SSSR count). The van der Waals surface area contributed by atoms with Gasteiger partial charge in [0.2, 0.25) is 0 Å². The van der Waals surface area contributed by atoms with Gasteiger partial charge in [0, 0.05) is 23.8 Å². The predicted molar refractivity (Wildman–Crippen MR) is 99.3 cm³/mol. The Morgan fingerprint density at radius 3 is 2.60 bits per heavy atom. The number of aryl methyl sites for hydroxylation is 1. The molecule has 1 aliphatic rings. The number of aromatic nitrogens is 2. The Hall–Kier alpha value is -3.34. The number of nitrogens with zero attached hydrogens (tertiary/aromatic N) is 3. The van der Waals surface area contributed by atoms with Crippen molar-refractivity contribution in [3.05, 3.63) is 84.1 Å². The molecular weight excluding hydrogens is 312 g/mol. The molecule has 0 fully saturated rings. The molecule has 0 aliphatic carbocycles. The number of carbonyl (C=O) groups is 1. The van der Waals surface area contributed by atoms with Crippen LogP contribution in [0.2, 0.25) is 0 Å². The van der Waals surface area contributed by atoms with E-state index in [9.17, 15) is 4.79 Å². The van der Waals surface area contributed by atoms with Crippen molar-refractivity contribution >= 4 is 23.4 Å². The van der Waals surface area contributed by atoms with Crippen LogP contribution in [0.5, 0.6) is 0 Å². The molecule has 2 heterocycles. The quantitative estimate of drug-likeness (QED) is 0.792. The fraction of sp³-hybridized carbons (Fsp3) is 0.100. The molecule has 1 aliphatic heterocycles. The second kappa shape index (κ2) is 6.28. The SMILES string of the molecule is Cc1ccc(N2C=Cc3nc(C(=O)Nc4ccccc4)cn3C2)cc1. The largest absolute Gasteiger partial charge is 0.329 e. The average molecular weight is 330 g/mol. The molecule has 0 saturated heterocycles. The number of hydrogen-bond donors (Lipinski definition) is 1. The first-order valence-electron chi connectivity index (χ1n) is 8.14. The number of anilines is 2. The summed E-state index contributed by atoms with van der Waals surface area (Å²) >= 11 is 0. The van der Waals surface area contributed by atoms with E-state index in [2.05, 4.69) is 46.4 Å². The molecule has 0 saturated carbocycles. The lowest BCUT2D eigenvalue weighted by molar-refractivity contribution is 0.102. The standard InChI is InChI=1S/C20H18N4O/c1-15-7-9-17(10-8-15)23-12-11-19-22-18(13-24(19)14-23)20(25)21-16-5-3-2-4-6-16/h2-13H,14H2,1H3,(H,21,25). The minimum absolute atomic E-state index is 0.205. The molecule has 1 amide bonds. The van der Waals surface area contributed by atoms with Crippen molar-refractivity contribution in [2.24, 2.45) is 0 Å². The van der Waals surface area contributed by atoms with E-state index in [-0.39, 0.29) is 5.91 Å². The second-order valence-corrected chi connectivity index (χ2v) is 6.04. The lowest BCUT2D eigenvalue weighted by atomic mass is 10.2. The summed E-state index contributed by atoms with van der Waals surface area (Å²) in [6.07, 6.45) is 5.70. The first kappa shape index (κ1) is 15.2. The van der Waals surface area contributed by atoms with Crippen LogP contribution in [0.3, 0.4) is 0 Å². The Morgan fingerprint density at radius 1 is 1.08 bits per heavy atom. The van der Waals surface area contributed by atoms with Gasteiger partial charge in [-0.15, -0.1) is 0 Å². The van der Waals surface area contributed by atoms with E-state index in [1.807, 2.05) is 47.2 Å². The summed E-state index contributed by atoms with van der Waals surface area (Å²) in [5, 5.41) is 2.86. The van der Waals surface area contributed by atoms with Gasteiger partial charge in [-0.3, -0.25) is 4.79 Å². The first-order chi connectivity index (χ1) is 12.2. The maximum atomic E-state index is 12.4. The van der Waals surface area contributed by atoms with Gasteiger partial charge in [-0.1, -0.05) is 35.9 Å². The number of hydrogen-bond acceptors (Lipinski definition) is 3. The zero-order valence-electron chi connectivity index (χ0n) is 13.9. The summed E-state index contributed by atoms with van der Waals surface area (Å²) in [6.45, 7) is 2.70. The van der Waals surface area contributed by atoms with Gasteiger partial charge >= 0.3 is 0 Å². The molecule has 0 spiro atoms. The maximum absolute atomic E-state index is 12.4. The number of nitrogens with one attached hydrogen (secondary N) is 1. The van der Waals surface area contributed by atoms with Crippen molar-refractivity contribution in [1.29, 1.82) is 0 Å². The van der Waals surface area contributed by atoms with Gasteiger partial charge in [0.15, 0.2) is 0 Å². The van der Waals surface area contributed by atoms with Crippen LogP contribution in [0.25, 0.3) is 6.08 Å². The average Bonchev–Trinajstić information content (AvgIpc) is 3.06. The van der Waals surface area contributed by atoms with Crippen molar-refractivity contribution in [2.45, 2.75) is 13.6 Å². The van der Waals surface area contributed by atoms with E-state index < -0.39 is 0 Å². The van der Waals surface area contributed by atoms with Crippen molar-refractivity contribution in [1.82, 2.24) is 9.55 Å². The Morgan fingerprint density at radius 2 is 1.84 bits per heavy atom. The van der Waals surface area contributed by atoms with Crippen LogP contribution in [0.15, 0.2) is 67.0 Å². The van der Waals surface area contributed by atoms with Gasteiger partial charge in [0.25, 0.3) is 5.91 Å². The summed E-state index contributed by atoms with van der Waals surface area (Å²) in [5.41, 5.74) is 3.51. The van der Waals surface area contributed by atoms with Crippen molar-refractivity contribution in [2.75, 3.05) is 10.2 Å². The molecule has 3 aromatic rings. The number of carbonyl (C=O) groups excluding carboxylic acids is 1. The summed E-state index contributed by atoms with van der Waals surface area (Å²) in [4.78, 5) is 18.9. The van der Waals surface area contributed by atoms with Crippen molar-refractivity contribution < 1.29 is 4.79 Å². The molecule has 5 nitrogen and oxygen atoms in total. The van der Waals surface area contributed by atoms with Crippen molar-refractivity contribution in [3.63, 3.8) is 0 Å². The zero-order valence-corrected chi connectivity index (χ0v) is 13.9. The maximum Gasteiger partial charge on any atom is 0.275 e. The van der Waals surface area contributed by atoms with Crippen LogP contribution in [0, 0.1) is 6.92 Å². The monoisotopic (exact) mass is 330 g/mol. The highest BCUT2D eigenvalue weighted by molar-refractivity contribution is 6.02. The molecule has 2 aromatic carbocycles. The minimum atomic E-state index is -0.205. The first-order valence-corrected chi connectivity index (χ1v) is 8.14. The van der Waals surface area contributed by atoms with Crippen LogP contribution in [-0.2, 0) is 6.67 Å². The Bertz CT molecular complexity index is 926. The topological polar surface area (TPSA) is 50.2 Å². The fourth-order valence-corrected chi connectivity index (χ4v) is 2.77. The number of rotatable bonds is 3. The fourth-order valence-electron chi connectivity index (χ4n) is 2.77. The van der Waals surface area contributed by atoms with Gasteiger partial charge in [-0.2, -0.15) is 0 Å². The molecule has 124 valence electrons. The molecule has 0 radical (unpaired) electrons. The summed E-state index contributed by atoms with van der Waals surface area (Å²) in [5.74, 6) is 0.574. The lowest BCUT2D eigenvalue weighted by Crippen LogP contribution is -2.23. The molecular formula is C20H18N4O. The Kier molecular flexibility index (Phi) is 3.82. The molecule has 1 N–H and O–H groups in total. The van der Waals surface area contributed by atoms with Gasteiger partial charge < -0.3 is 14.8 Å². The summed E-state index contributed by atoms with van der Waals surface area (Å²) < 4.78 is 1.97. The highest BCUT2D eigenvalue weighted by atomic mass is 16.1. The second-order valence-electron chi connectivity index (χ2n) is 6.04. The zero-order chi connectivity index (χ0) is 17.2. The molecule has 0 atom stereocenters. The van der Waals surface area contributed by atoms with E-state index in [0.717, 1.165) is 17.2 Å². The molecule has 5 heteroatoms. The number of para-hydroxylation sites is 1. The number of fused-ring (bicyclic) bond motifs is 1. The van der Waals surface area contributed by atoms with Gasteiger partial charge in [0.1, 0.15) is 18.2 Å². The Labute approximate surface area is 146 Å². The molecule has 0 unspecified atom stereocenters. The van der Waals surface area contributed by atoms with E-state index in [1.165, 1.54) is 5.56 Å². The highest BCUT2D eigenvalue weighted by Crippen LogP contribution is 2.22. The van der Waals surface area contributed by atoms with Crippen LogP contribution in [0.1, 0.15) is 21.9 Å². The predicted octanol–water partition coefficient (Wildman–Crippen LogP) is 3.89. The summed E-state index contributed by atoms with van der Waals surface area (Å²) in [6, 6.07) is 17.7. The van der Waals surface area contributed by atoms with Crippen LogP contribution >= 0.6 is 0 Å². The Balaban J connectivity index is 1.52. The number of imidazole rings is 1. The van der Waals surface area contributed by atoms with Crippen molar-refractivity contribution in [3.8, 4) is 0 Å². The van der Waals surface area contributed by atoms with E-state index in [0.29, 0.717) is 12.4 Å².